The monoisotopic (exact) mass is 377 g/mol. The minimum atomic E-state index is -1.50. The van der Waals surface area contributed by atoms with Crippen molar-refractivity contribution in [3.8, 4) is 0 Å². The maximum absolute atomic E-state index is 12.3. The van der Waals surface area contributed by atoms with Gasteiger partial charge in [0.05, 0.1) is 12.1 Å². The molecule has 1 rings (SSSR count). The molecule has 0 aromatic rings. The summed E-state index contributed by atoms with van der Waals surface area (Å²) in [4.78, 5) is 24.4. The molecule has 8 N–H and O–H groups in total. The zero-order valence-electron chi connectivity index (χ0n) is 15.5. The summed E-state index contributed by atoms with van der Waals surface area (Å²) in [6, 6.07) is -2.87. The van der Waals surface area contributed by atoms with Crippen LogP contribution < -0.4 is 16.8 Å². The van der Waals surface area contributed by atoms with E-state index in [9.17, 15) is 24.9 Å². The Balaban J connectivity index is 2.66. The van der Waals surface area contributed by atoms with E-state index >= 15 is 0 Å². The van der Waals surface area contributed by atoms with Crippen molar-refractivity contribution in [2.75, 3.05) is 6.61 Å². The second-order valence-electron chi connectivity index (χ2n) is 7.25. The molecule has 0 aliphatic carbocycles. The summed E-state index contributed by atoms with van der Waals surface area (Å²) in [5.74, 6) is -1.58. The van der Waals surface area contributed by atoms with Crippen LogP contribution in [0, 0.1) is 11.8 Å². The molecule has 10 nitrogen and oxygen atoms in total. The van der Waals surface area contributed by atoms with Crippen LogP contribution in [0.2, 0.25) is 0 Å². The van der Waals surface area contributed by atoms with Gasteiger partial charge in [-0.3, -0.25) is 4.79 Å². The Kier molecular flexibility index (Phi) is 8.38. The Morgan fingerprint density at radius 1 is 1.12 bits per heavy atom. The highest BCUT2D eigenvalue weighted by molar-refractivity contribution is 5.87. The molecular formula is C16H31N3O7. The van der Waals surface area contributed by atoms with Gasteiger partial charge >= 0.3 is 5.97 Å². The van der Waals surface area contributed by atoms with Crippen molar-refractivity contribution in [3.63, 3.8) is 0 Å². The molecule has 1 saturated heterocycles. The van der Waals surface area contributed by atoms with Gasteiger partial charge in [0.25, 0.3) is 0 Å². The Labute approximate surface area is 152 Å². The largest absolute Gasteiger partial charge is 0.461 e. The molecule has 0 aromatic carbocycles. The predicted molar refractivity (Wildman–Crippen MR) is 91.4 cm³/mol. The SMILES string of the molecule is CC(C)C(N)C(=O)NC(C(=O)OCC1OC(O)C(N)C(O)C1O)C(C)C. The average molecular weight is 377 g/mol. The third-order valence-electron chi connectivity index (χ3n) is 4.40. The van der Waals surface area contributed by atoms with Gasteiger partial charge in [-0.2, -0.15) is 0 Å². The molecule has 1 heterocycles. The van der Waals surface area contributed by atoms with Crippen LogP contribution in [0.5, 0.6) is 0 Å². The fourth-order valence-electron chi connectivity index (χ4n) is 2.41. The molecule has 0 saturated carbocycles. The molecule has 26 heavy (non-hydrogen) atoms. The van der Waals surface area contributed by atoms with Gasteiger partial charge in [-0.15, -0.1) is 0 Å². The number of hydrogen-bond donors (Lipinski definition) is 6. The third-order valence-corrected chi connectivity index (χ3v) is 4.40. The van der Waals surface area contributed by atoms with Crippen LogP contribution in [-0.4, -0.2) is 76.5 Å². The number of carbonyl (C=O) groups excluding carboxylic acids is 2. The number of carbonyl (C=O) groups is 2. The third kappa shape index (κ3) is 5.60. The number of nitrogens with one attached hydrogen (secondary N) is 1. The van der Waals surface area contributed by atoms with Crippen molar-refractivity contribution >= 4 is 11.9 Å². The normalized spacial score (nSPS) is 31.6. The number of ether oxygens (including phenoxy) is 2. The van der Waals surface area contributed by atoms with Crippen molar-refractivity contribution in [1.82, 2.24) is 5.32 Å². The number of hydrogen-bond acceptors (Lipinski definition) is 9. The summed E-state index contributed by atoms with van der Waals surface area (Å²) < 4.78 is 10.2. The first-order valence-corrected chi connectivity index (χ1v) is 8.65. The summed E-state index contributed by atoms with van der Waals surface area (Å²) in [5, 5.41) is 31.8. The van der Waals surface area contributed by atoms with E-state index in [1.165, 1.54) is 0 Å². The van der Waals surface area contributed by atoms with Gasteiger partial charge in [-0.25, -0.2) is 4.79 Å². The summed E-state index contributed by atoms with van der Waals surface area (Å²) in [5.41, 5.74) is 11.3. The maximum atomic E-state index is 12.3. The van der Waals surface area contributed by atoms with Crippen LogP contribution in [0.25, 0.3) is 0 Å². The lowest BCUT2D eigenvalue weighted by molar-refractivity contribution is -0.251. The fraction of sp³-hybridized carbons (Fsp3) is 0.875. The molecule has 0 bridgehead atoms. The second-order valence-corrected chi connectivity index (χ2v) is 7.25. The van der Waals surface area contributed by atoms with E-state index in [-0.39, 0.29) is 11.8 Å². The summed E-state index contributed by atoms with van der Waals surface area (Å²) >= 11 is 0. The highest BCUT2D eigenvalue weighted by Crippen LogP contribution is 2.19. The first-order valence-electron chi connectivity index (χ1n) is 8.65. The zero-order chi connectivity index (χ0) is 20.2. The first kappa shape index (κ1) is 22.7. The van der Waals surface area contributed by atoms with Crippen LogP contribution in [0.3, 0.4) is 0 Å². The summed E-state index contributed by atoms with van der Waals surface area (Å²) in [6.45, 7) is 6.61. The van der Waals surface area contributed by atoms with Crippen molar-refractivity contribution in [3.05, 3.63) is 0 Å². The van der Waals surface area contributed by atoms with Crippen LogP contribution in [0.15, 0.2) is 0 Å². The van der Waals surface area contributed by atoms with Crippen LogP contribution in [0.4, 0.5) is 0 Å². The molecular weight excluding hydrogens is 346 g/mol. The minimum Gasteiger partial charge on any atom is -0.461 e. The van der Waals surface area contributed by atoms with E-state index in [2.05, 4.69) is 5.32 Å². The lowest BCUT2D eigenvalue weighted by Gasteiger charge is -2.38. The molecule has 152 valence electrons. The smallest absolute Gasteiger partial charge is 0.328 e. The molecule has 0 radical (unpaired) electrons. The van der Waals surface area contributed by atoms with Gasteiger partial charge in [0.1, 0.15) is 31.0 Å². The highest BCUT2D eigenvalue weighted by atomic mass is 16.6. The Hall–Kier alpha value is -1.30. The maximum Gasteiger partial charge on any atom is 0.328 e. The summed E-state index contributed by atoms with van der Waals surface area (Å²) in [7, 11) is 0. The van der Waals surface area contributed by atoms with E-state index < -0.39 is 61.2 Å². The van der Waals surface area contributed by atoms with E-state index in [1.54, 1.807) is 27.7 Å². The number of esters is 1. The van der Waals surface area contributed by atoms with E-state index in [1.807, 2.05) is 0 Å². The molecule has 1 amide bonds. The molecule has 0 aromatic heterocycles. The van der Waals surface area contributed by atoms with Gasteiger partial charge < -0.3 is 41.6 Å². The zero-order valence-corrected chi connectivity index (χ0v) is 15.5. The molecule has 1 aliphatic rings. The van der Waals surface area contributed by atoms with Gasteiger partial charge in [0.15, 0.2) is 6.29 Å². The number of aliphatic hydroxyl groups excluding tert-OH is 3. The van der Waals surface area contributed by atoms with E-state index in [4.69, 9.17) is 20.9 Å². The van der Waals surface area contributed by atoms with Gasteiger partial charge in [-0.05, 0) is 11.8 Å². The Morgan fingerprint density at radius 2 is 1.69 bits per heavy atom. The second kappa shape index (κ2) is 9.58. The van der Waals surface area contributed by atoms with Crippen LogP contribution >= 0.6 is 0 Å². The molecule has 1 aliphatic heterocycles. The summed E-state index contributed by atoms with van der Waals surface area (Å²) in [6.07, 6.45) is -5.50. The van der Waals surface area contributed by atoms with Crippen molar-refractivity contribution in [2.24, 2.45) is 23.3 Å². The van der Waals surface area contributed by atoms with Gasteiger partial charge in [0, 0.05) is 0 Å². The average Bonchev–Trinajstić information content (AvgIpc) is 2.58. The van der Waals surface area contributed by atoms with Gasteiger partial charge in [0.2, 0.25) is 5.91 Å². The molecule has 1 fully saturated rings. The molecule has 7 atom stereocenters. The first-order chi connectivity index (χ1) is 12.0. The topological polar surface area (TPSA) is 177 Å². The van der Waals surface area contributed by atoms with Crippen molar-refractivity contribution in [1.29, 1.82) is 0 Å². The van der Waals surface area contributed by atoms with Crippen LogP contribution in [-0.2, 0) is 19.1 Å². The van der Waals surface area contributed by atoms with Crippen molar-refractivity contribution in [2.45, 2.75) is 70.4 Å². The van der Waals surface area contributed by atoms with Gasteiger partial charge in [-0.1, -0.05) is 27.7 Å². The molecule has 7 unspecified atom stereocenters. The number of nitrogens with two attached hydrogens (primary N) is 2. The lowest BCUT2D eigenvalue weighted by Crippen LogP contribution is -2.62. The van der Waals surface area contributed by atoms with Crippen LogP contribution in [0.1, 0.15) is 27.7 Å². The standard InChI is InChI=1S/C16H31N3O7/c1-6(2)9(17)14(22)19-11(7(3)4)16(24)25-5-8-12(20)13(21)10(18)15(23)26-8/h6-13,15,20-21,23H,5,17-18H2,1-4H3,(H,19,22). The minimum absolute atomic E-state index is 0.100. The number of rotatable bonds is 7. The van der Waals surface area contributed by atoms with Crippen molar-refractivity contribution < 1.29 is 34.4 Å². The predicted octanol–water partition coefficient (Wildman–Crippen LogP) is -2.58. The Morgan fingerprint density at radius 3 is 2.19 bits per heavy atom. The quantitative estimate of drug-likeness (QED) is 0.260. The lowest BCUT2D eigenvalue weighted by atomic mass is 9.98. The fourth-order valence-corrected chi connectivity index (χ4v) is 2.41. The molecule has 0 spiro atoms. The highest BCUT2D eigenvalue weighted by Gasteiger charge is 2.42. The van der Waals surface area contributed by atoms with E-state index in [0.717, 1.165) is 0 Å². The van der Waals surface area contributed by atoms with E-state index in [0.29, 0.717) is 0 Å². The molecule has 10 heteroatoms. The number of aliphatic hydroxyl groups is 3. The Bertz CT molecular complexity index is 488. The number of amides is 1.